The van der Waals surface area contributed by atoms with Crippen LogP contribution >= 0.6 is 11.3 Å². The zero-order chi connectivity index (χ0) is 54.1. The summed E-state index contributed by atoms with van der Waals surface area (Å²) in [5.41, 5.74) is 0.347. The summed E-state index contributed by atoms with van der Waals surface area (Å²) in [6, 6.07) is 12.1. The zero-order valence-corrected chi connectivity index (χ0v) is 42.5. The van der Waals surface area contributed by atoms with Gasteiger partial charge in [0.2, 0.25) is 17.7 Å². The summed E-state index contributed by atoms with van der Waals surface area (Å²) < 4.78 is 18.8. The second kappa shape index (κ2) is 21.8. The molecule has 10 atom stereocenters. The first-order valence-corrected chi connectivity index (χ1v) is 25.9. The van der Waals surface area contributed by atoms with E-state index in [1.165, 1.54) is 23.5 Å². The maximum Gasteiger partial charge on any atom is 0.411 e. The number of hydrogen-bond acceptors (Lipinski definition) is 16. The summed E-state index contributed by atoms with van der Waals surface area (Å²) in [7, 11) is 0. The van der Waals surface area contributed by atoms with Crippen LogP contribution in [0.5, 0.6) is 0 Å². The number of aliphatic hydroxyl groups is 2. The van der Waals surface area contributed by atoms with Gasteiger partial charge in [0.25, 0.3) is 11.8 Å². The van der Waals surface area contributed by atoms with Crippen LogP contribution in [0.25, 0.3) is 0 Å². The summed E-state index contributed by atoms with van der Waals surface area (Å²) in [6.45, 7) is 2.46. The fourth-order valence-corrected chi connectivity index (χ4v) is 13.3. The van der Waals surface area contributed by atoms with E-state index in [0.717, 1.165) is 34.6 Å². The molecule has 400 valence electrons. The highest BCUT2D eigenvalue weighted by atomic mass is 32.1. The molecule has 2 aromatic carbocycles. The molecule has 1 aromatic heterocycles. The lowest BCUT2D eigenvalue weighted by Gasteiger charge is -2.59. The van der Waals surface area contributed by atoms with Gasteiger partial charge in [0, 0.05) is 72.3 Å². The van der Waals surface area contributed by atoms with E-state index in [2.05, 4.69) is 33.2 Å². The number of anilines is 2. The number of ether oxygens (including phenoxy) is 3. The molecule has 0 radical (unpaired) electrons. The Kier molecular flexibility index (Phi) is 15.4. The maximum absolute atomic E-state index is 14.0. The van der Waals surface area contributed by atoms with E-state index in [1.54, 1.807) is 48.7 Å². The second-order valence-electron chi connectivity index (χ2n) is 20.5. The van der Waals surface area contributed by atoms with Crippen LogP contribution in [0.3, 0.4) is 0 Å². The molecule has 0 unspecified atom stereocenters. The Balaban J connectivity index is 0.750. The van der Waals surface area contributed by atoms with Crippen LogP contribution in [0, 0.1) is 28.6 Å². The first kappa shape index (κ1) is 53.6. The number of amides is 6. The van der Waals surface area contributed by atoms with Crippen LogP contribution in [-0.2, 0) is 65.6 Å². The van der Waals surface area contributed by atoms with E-state index in [1.807, 2.05) is 19.1 Å². The Morgan fingerprint density at radius 2 is 1.71 bits per heavy atom. The molecule has 76 heavy (non-hydrogen) atoms. The normalized spacial score (nSPS) is 28.3. The van der Waals surface area contributed by atoms with E-state index in [4.69, 9.17) is 14.2 Å². The Morgan fingerprint density at radius 3 is 2.45 bits per heavy atom. The molecule has 21 nitrogen and oxygen atoms in total. The van der Waals surface area contributed by atoms with Crippen molar-refractivity contribution in [3.63, 3.8) is 0 Å². The van der Waals surface area contributed by atoms with Gasteiger partial charge in [-0.1, -0.05) is 49.8 Å². The molecule has 3 aromatic rings. The molecule has 1 saturated heterocycles. The quantitative estimate of drug-likeness (QED) is 0.0840. The molecule has 6 amide bonds. The minimum absolute atomic E-state index is 0.0300. The molecule has 4 fully saturated rings. The van der Waals surface area contributed by atoms with Crippen LogP contribution < -0.4 is 21.3 Å². The molecular weight excluding hydrogens is 1000 g/mol. The number of imide groups is 1. The largest absolute Gasteiger partial charge is 0.481 e. The van der Waals surface area contributed by atoms with Crippen LogP contribution in [0.4, 0.5) is 16.2 Å². The van der Waals surface area contributed by atoms with Crippen molar-refractivity contribution in [2.24, 2.45) is 28.6 Å². The standard InChI is InChI=1S/C54H58N6O15S/c1-52-18-16-34(62)22-31(52)8-11-35-36-23-41-54(40(64)27-61,53(36,2)24-38(63)48(35)52)75-50(74-41)39-25-56-44(76-39)21-30-4-3-5-33(20-30)58-51(72)73-28-29-6-9-32(10-7-29)57-49(71)37(12-15-47(69)70)59-43(66)26-55-42(65)17-19-60-45(67)13-14-46(60)68/h3-7,9-10,13-14,16,18,20,22,25,35-38,41,48,50,61,63H,8,11-12,15,17,19,21,23-24,26-28H2,1-2H3,(H,55,65)(H,57,71)(H,58,72)(H,59,66)(H,69,70)/t35-,36-,37-,38-,41+,48+,50-,52-,53-,54+/m0/s1. The number of fused-ring (bicyclic) bond motifs is 7. The van der Waals surface area contributed by atoms with Crippen molar-refractivity contribution in [3.05, 3.63) is 112 Å². The number of nitrogens with zero attached hydrogens (tertiary/aromatic N) is 2. The van der Waals surface area contributed by atoms with Crippen molar-refractivity contribution >= 4 is 75.9 Å². The van der Waals surface area contributed by atoms with Gasteiger partial charge in [-0.25, -0.2) is 9.78 Å². The van der Waals surface area contributed by atoms with Crippen LogP contribution in [0.2, 0.25) is 0 Å². The number of thiazole rings is 1. The highest BCUT2D eigenvalue weighted by molar-refractivity contribution is 7.11. The lowest BCUT2D eigenvalue weighted by Crippen LogP contribution is -2.63. The van der Waals surface area contributed by atoms with Gasteiger partial charge < -0.3 is 45.5 Å². The summed E-state index contributed by atoms with van der Waals surface area (Å²) in [4.78, 5) is 118. The second-order valence-corrected chi connectivity index (χ2v) is 21.6. The third-order valence-corrected chi connectivity index (χ3v) is 16.9. The number of aliphatic hydroxyl groups excluding tert-OH is 2. The first-order chi connectivity index (χ1) is 36.3. The highest BCUT2D eigenvalue weighted by Gasteiger charge is 2.76. The third kappa shape index (κ3) is 10.6. The number of Topliss-reactive ketones (excluding diaryl/α,β-unsaturated/α-hetero) is 1. The van der Waals surface area contributed by atoms with Gasteiger partial charge >= 0.3 is 12.1 Å². The van der Waals surface area contributed by atoms with E-state index in [-0.39, 0.29) is 56.0 Å². The number of rotatable bonds is 19. The molecule has 0 bridgehead atoms. The SMILES string of the molecule is C[C@]12C=CC(=O)C=C1CC[C@@H]1[C@@H]2[C@@H](O)C[C@@]2(C)[C@H]1C[C@H]1O[C@H](c3cnc(Cc4cccc(NC(=O)OCc5ccc(NC(=O)[C@H](CCC(=O)O)NC(=O)CNC(=O)CCN6C(=O)C=CC6=O)cc5)c4)s3)O[C@]12C(=O)CO. The van der Waals surface area contributed by atoms with Gasteiger partial charge in [0.15, 0.2) is 23.5 Å². The number of carboxylic acids is 1. The van der Waals surface area contributed by atoms with Crippen molar-refractivity contribution in [1.82, 2.24) is 20.5 Å². The van der Waals surface area contributed by atoms with Crippen molar-refractivity contribution in [3.8, 4) is 0 Å². The van der Waals surface area contributed by atoms with Gasteiger partial charge in [-0.2, -0.15) is 0 Å². The number of hydrogen-bond donors (Lipinski definition) is 7. The third-order valence-electron chi connectivity index (χ3n) is 15.9. The predicted octanol–water partition coefficient (Wildman–Crippen LogP) is 3.80. The van der Waals surface area contributed by atoms with Gasteiger partial charge in [-0.3, -0.25) is 48.6 Å². The number of carbonyl (C=O) groups is 9. The van der Waals surface area contributed by atoms with Crippen LogP contribution in [0.1, 0.15) is 86.1 Å². The van der Waals surface area contributed by atoms with E-state index >= 15 is 0 Å². The molecule has 2 aliphatic heterocycles. The molecule has 0 spiro atoms. The summed E-state index contributed by atoms with van der Waals surface area (Å²) in [5, 5.41) is 42.4. The van der Waals surface area contributed by atoms with Crippen molar-refractivity contribution in [2.45, 2.75) is 102 Å². The lowest BCUT2D eigenvalue weighted by molar-refractivity contribution is -0.200. The number of aliphatic carboxylic acids is 1. The first-order valence-electron chi connectivity index (χ1n) is 25.1. The lowest BCUT2D eigenvalue weighted by atomic mass is 9.46. The number of ketones is 2. The van der Waals surface area contributed by atoms with E-state index in [0.29, 0.717) is 46.1 Å². The number of allylic oxidation sites excluding steroid dienone is 4. The van der Waals surface area contributed by atoms with E-state index in [9.17, 15) is 58.5 Å². The predicted molar refractivity (Wildman–Crippen MR) is 269 cm³/mol. The molecule has 6 aliphatic rings. The van der Waals surface area contributed by atoms with Crippen molar-refractivity contribution in [2.75, 3.05) is 30.3 Å². The number of aromatic nitrogens is 1. The average Bonchev–Trinajstić information content (AvgIpc) is 4.25. The average molecular weight is 1060 g/mol. The van der Waals surface area contributed by atoms with E-state index < -0.39 is 108 Å². The summed E-state index contributed by atoms with van der Waals surface area (Å²) in [5.74, 6) is -5.13. The minimum Gasteiger partial charge on any atom is -0.481 e. The Hall–Kier alpha value is -7.24. The molecule has 3 heterocycles. The van der Waals surface area contributed by atoms with Crippen molar-refractivity contribution < 1.29 is 72.7 Å². The Morgan fingerprint density at radius 1 is 0.947 bits per heavy atom. The highest BCUT2D eigenvalue weighted by Crippen LogP contribution is 2.70. The smallest absolute Gasteiger partial charge is 0.411 e. The molecule has 3 saturated carbocycles. The number of nitrogens with one attached hydrogen (secondary N) is 4. The number of carboxylic acid groups (broad SMARTS) is 1. The molecule has 4 aliphatic carbocycles. The molecule has 9 rings (SSSR count). The summed E-state index contributed by atoms with van der Waals surface area (Å²) in [6.07, 6.45) is 7.58. The molecular formula is C54H58N6O15S. The summed E-state index contributed by atoms with van der Waals surface area (Å²) >= 11 is 1.36. The van der Waals surface area contributed by atoms with Crippen molar-refractivity contribution in [1.29, 1.82) is 0 Å². The van der Waals surface area contributed by atoms with Gasteiger partial charge in [0.05, 0.1) is 28.6 Å². The Labute approximate surface area is 440 Å². The minimum atomic E-state index is -1.49. The molecule has 22 heteroatoms. The van der Waals surface area contributed by atoms with Gasteiger partial charge in [-0.15, -0.1) is 11.3 Å². The number of carbonyl (C=O) groups excluding carboxylic acids is 8. The monoisotopic (exact) mass is 1060 g/mol. The molecule has 7 N–H and O–H groups in total. The van der Waals surface area contributed by atoms with Gasteiger partial charge in [0.1, 0.15) is 19.3 Å². The van der Waals surface area contributed by atoms with Crippen LogP contribution in [-0.4, -0.2) is 122 Å². The zero-order valence-electron chi connectivity index (χ0n) is 41.7. The Bertz CT molecular complexity index is 2940. The fraction of sp³-hybridized carbons (Fsp3) is 0.444. The van der Waals surface area contributed by atoms with Gasteiger partial charge in [-0.05, 0) is 91.5 Å². The fourth-order valence-electron chi connectivity index (χ4n) is 12.4. The maximum atomic E-state index is 14.0. The number of benzene rings is 2. The topological polar surface area (TPSA) is 306 Å². The van der Waals surface area contributed by atoms with Crippen LogP contribution in [0.15, 0.2) is 90.7 Å².